The zero-order valence-electron chi connectivity index (χ0n) is 13.1. The van der Waals surface area contributed by atoms with Gasteiger partial charge >= 0.3 is 0 Å². The molecule has 0 heterocycles. The molecule has 0 aliphatic carbocycles. The standard InChI is InChI=1S/C18H28O/c1-6-7-8-14(2)17(19)13-15-9-11-16(12-10-15)18(3,4)5/h9-12,14H,6-8,13H2,1-5H3. The number of carbonyl (C=O) groups is 1. The van der Waals surface area contributed by atoms with Gasteiger partial charge in [-0.05, 0) is 23.0 Å². The Labute approximate surface area is 118 Å². The number of unbranched alkanes of at least 4 members (excludes halogenated alkanes) is 1. The first-order valence-corrected chi connectivity index (χ1v) is 7.46. The smallest absolute Gasteiger partial charge is 0.140 e. The van der Waals surface area contributed by atoms with Crippen LogP contribution in [0, 0.1) is 5.92 Å². The minimum atomic E-state index is 0.178. The van der Waals surface area contributed by atoms with Crippen molar-refractivity contribution in [2.75, 3.05) is 0 Å². The zero-order chi connectivity index (χ0) is 14.5. The molecule has 0 aliphatic rings. The summed E-state index contributed by atoms with van der Waals surface area (Å²) in [5.41, 5.74) is 2.64. The molecule has 1 aromatic rings. The Bertz CT molecular complexity index is 395. The lowest BCUT2D eigenvalue weighted by Crippen LogP contribution is -2.14. The predicted octanol–water partition coefficient (Wildman–Crippen LogP) is 4.92. The Balaban J connectivity index is 2.60. The lowest BCUT2D eigenvalue weighted by molar-refractivity contribution is -0.121. The van der Waals surface area contributed by atoms with Gasteiger partial charge in [0.2, 0.25) is 0 Å². The van der Waals surface area contributed by atoms with Crippen LogP contribution in [0.15, 0.2) is 24.3 Å². The van der Waals surface area contributed by atoms with Crippen LogP contribution in [0.3, 0.4) is 0 Å². The maximum Gasteiger partial charge on any atom is 0.140 e. The molecule has 0 spiro atoms. The summed E-state index contributed by atoms with van der Waals surface area (Å²) in [5.74, 6) is 0.569. The molecule has 0 bridgehead atoms. The van der Waals surface area contributed by atoms with Crippen LogP contribution in [0.2, 0.25) is 0 Å². The van der Waals surface area contributed by atoms with Gasteiger partial charge in [-0.2, -0.15) is 0 Å². The van der Waals surface area contributed by atoms with Crippen molar-refractivity contribution in [1.82, 2.24) is 0 Å². The van der Waals surface area contributed by atoms with Crippen LogP contribution in [0.4, 0.5) is 0 Å². The molecule has 1 nitrogen and oxygen atoms in total. The topological polar surface area (TPSA) is 17.1 Å². The van der Waals surface area contributed by atoms with Crippen molar-refractivity contribution in [3.8, 4) is 0 Å². The summed E-state index contributed by atoms with van der Waals surface area (Å²) >= 11 is 0. The molecule has 106 valence electrons. The second-order valence-corrected chi connectivity index (χ2v) is 6.63. The van der Waals surface area contributed by atoms with E-state index in [0.717, 1.165) is 24.8 Å². The van der Waals surface area contributed by atoms with E-state index in [-0.39, 0.29) is 11.3 Å². The van der Waals surface area contributed by atoms with E-state index in [9.17, 15) is 4.79 Å². The molecular formula is C18H28O. The van der Waals surface area contributed by atoms with Crippen LogP contribution >= 0.6 is 0 Å². The number of carbonyl (C=O) groups excluding carboxylic acids is 1. The summed E-state index contributed by atoms with van der Waals surface area (Å²) in [6.07, 6.45) is 3.92. The van der Waals surface area contributed by atoms with Crippen LogP contribution in [-0.4, -0.2) is 5.78 Å². The van der Waals surface area contributed by atoms with Crippen molar-refractivity contribution < 1.29 is 4.79 Å². The van der Waals surface area contributed by atoms with Crippen molar-refractivity contribution in [2.45, 2.75) is 65.7 Å². The lowest BCUT2D eigenvalue weighted by atomic mass is 9.86. The maximum absolute atomic E-state index is 12.1. The summed E-state index contributed by atoms with van der Waals surface area (Å²) in [6, 6.07) is 8.51. The molecular weight excluding hydrogens is 232 g/mol. The summed E-state index contributed by atoms with van der Waals surface area (Å²) in [6.45, 7) is 10.9. The molecule has 0 aromatic heterocycles. The average Bonchev–Trinajstić information content (AvgIpc) is 2.35. The molecule has 0 fully saturated rings. The molecule has 1 aromatic carbocycles. The van der Waals surface area contributed by atoms with Gasteiger partial charge in [-0.3, -0.25) is 4.79 Å². The second kappa shape index (κ2) is 6.88. The summed E-state index contributed by atoms with van der Waals surface area (Å²) in [7, 11) is 0. The van der Waals surface area contributed by atoms with Gasteiger partial charge in [0.25, 0.3) is 0 Å². The third-order valence-corrected chi connectivity index (χ3v) is 3.74. The number of ketones is 1. The van der Waals surface area contributed by atoms with Crippen LogP contribution in [-0.2, 0) is 16.6 Å². The highest BCUT2D eigenvalue weighted by atomic mass is 16.1. The van der Waals surface area contributed by atoms with Crippen LogP contribution in [0.25, 0.3) is 0 Å². The van der Waals surface area contributed by atoms with E-state index < -0.39 is 0 Å². The van der Waals surface area contributed by atoms with Crippen LogP contribution < -0.4 is 0 Å². The Morgan fingerprint density at radius 2 is 1.74 bits per heavy atom. The van der Waals surface area contributed by atoms with Gasteiger partial charge in [-0.25, -0.2) is 0 Å². The Morgan fingerprint density at radius 3 is 2.21 bits per heavy atom. The second-order valence-electron chi connectivity index (χ2n) is 6.63. The van der Waals surface area contributed by atoms with E-state index in [4.69, 9.17) is 0 Å². The molecule has 0 N–H and O–H groups in total. The Hall–Kier alpha value is -1.11. The average molecular weight is 260 g/mol. The monoisotopic (exact) mass is 260 g/mol. The SMILES string of the molecule is CCCCC(C)C(=O)Cc1ccc(C(C)(C)C)cc1. The van der Waals surface area contributed by atoms with Gasteiger partial charge in [-0.1, -0.05) is 71.7 Å². The number of hydrogen-bond donors (Lipinski definition) is 0. The van der Waals surface area contributed by atoms with E-state index in [1.54, 1.807) is 0 Å². The van der Waals surface area contributed by atoms with Crippen molar-refractivity contribution in [3.05, 3.63) is 35.4 Å². The summed E-state index contributed by atoms with van der Waals surface area (Å²) in [5, 5.41) is 0. The van der Waals surface area contributed by atoms with Gasteiger partial charge < -0.3 is 0 Å². The minimum absolute atomic E-state index is 0.178. The first-order chi connectivity index (χ1) is 8.84. The first-order valence-electron chi connectivity index (χ1n) is 7.46. The third kappa shape index (κ3) is 5.18. The molecule has 19 heavy (non-hydrogen) atoms. The molecule has 0 amide bonds. The number of benzene rings is 1. The van der Waals surface area contributed by atoms with Gasteiger partial charge in [0, 0.05) is 12.3 Å². The van der Waals surface area contributed by atoms with E-state index in [1.165, 1.54) is 5.56 Å². The molecule has 0 radical (unpaired) electrons. The summed E-state index contributed by atoms with van der Waals surface area (Å²) in [4.78, 5) is 12.1. The molecule has 1 heteroatoms. The number of Topliss-reactive ketones (excluding diaryl/α,β-unsaturated/α-hetero) is 1. The number of rotatable bonds is 6. The molecule has 1 atom stereocenters. The third-order valence-electron chi connectivity index (χ3n) is 3.74. The van der Waals surface area contributed by atoms with Crippen molar-refractivity contribution >= 4 is 5.78 Å². The molecule has 0 saturated heterocycles. The number of hydrogen-bond acceptors (Lipinski definition) is 1. The maximum atomic E-state index is 12.1. The highest BCUT2D eigenvalue weighted by molar-refractivity contribution is 5.82. The zero-order valence-corrected chi connectivity index (χ0v) is 13.1. The summed E-state index contributed by atoms with van der Waals surface area (Å²) < 4.78 is 0. The van der Waals surface area contributed by atoms with Gasteiger partial charge in [0.15, 0.2) is 0 Å². The fraction of sp³-hybridized carbons (Fsp3) is 0.611. The van der Waals surface area contributed by atoms with E-state index >= 15 is 0 Å². The first kappa shape index (κ1) is 15.9. The molecule has 0 saturated carbocycles. The van der Waals surface area contributed by atoms with E-state index in [2.05, 4.69) is 58.9 Å². The predicted molar refractivity (Wildman–Crippen MR) is 82.5 cm³/mol. The van der Waals surface area contributed by atoms with Crippen molar-refractivity contribution in [1.29, 1.82) is 0 Å². The Morgan fingerprint density at radius 1 is 1.16 bits per heavy atom. The van der Waals surface area contributed by atoms with Crippen molar-refractivity contribution in [2.24, 2.45) is 5.92 Å². The molecule has 0 aliphatic heterocycles. The minimum Gasteiger partial charge on any atom is -0.299 e. The highest BCUT2D eigenvalue weighted by Gasteiger charge is 2.15. The van der Waals surface area contributed by atoms with Gasteiger partial charge in [0.05, 0.1) is 0 Å². The lowest BCUT2D eigenvalue weighted by Gasteiger charge is -2.19. The van der Waals surface area contributed by atoms with Crippen LogP contribution in [0.1, 0.15) is 65.0 Å². The van der Waals surface area contributed by atoms with Crippen LogP contribution in [0.5, 0.6) is 0 Å². The van der Waals surface area contributed by atoms with Crippen molar-refractivity contribution in [3.63, 3.8) is 0 Å². The van der Waals surface area contributed by atoms with Gasteiger partial charge in [-0.15, -0.1) is 0 Å². The fourth-order valence-electron chi connectivity index (χ4n) is 2.17. The van der Waals surface area contributed by atoms with Gasteiger partial charge in [0.1, 0.15) is 5.78 Å². The molecule has 1 unspecified atom stereocenters. The largest absolute Gasteiger partial charge is 0.299 e. The van der Waals surface area contributed by atoms with E-state index in [1.807, 2.05) is 0 Å². The van der Waals surface area contributed by atoms with E-state index in [0.29, 0.717) is 12.2 Å². The quantitative estimate of drug-likeness (QED) is 0.709. The normalized spacial score (nSPS) is 13.3. The molecule has 1 rings (SSSR count). The highest BCUT2D eigenvalue weighted by Crippen LogP contribution is 2.22. The fourth-order valence-corrected chi connectivity index (χ4v) is 2.17. The Kier molecular flexibility index (Phi) is 5.78.